The first-order valence-corrected chi connectivity index (χ1v) is 7.71. The lowest BCUT2D eigenvalue weighted by Crippen LogP contribution is -2.43. The molecule has 4 heteroatoms. The molecule has 2 N–H and O–H groups in total. The first-order chi connectivity index (χ1) is 9.60. The van der Waals surface area contributed by atoms with Crippen LogP contribution in [-0.2, 0) is 9.47 Å². The molecule has 2 saturated heterocycles. The minimum Gasteiger partial charge on any atom is -0.378 e. The Morgan fingerprint density at radius 2 is 2.25 bits per heavy atom. The van der Waals surface area contributed by atoms with Crippen LogP contribution in [0.1, 0.15) is 36.4 Å². The molecule has 20 heavy (non-hydrogen) atoms. The molecule has 2 fully saturated rings. The summed E-state index contributed by atoms with van der Waals surface area (Å²) in [4.78, 5) is 0. The average molecular weight is 296 g/mol. The summed E-state index contributed by atoms with van der Waals surface area (Å²) in [6.45, 7) is 4.33. The van der Waals surface area contributed by atoms with Gasteiger partial charge in [0.1, 0.15) is 0 Å². The molecule has 3 rings (SSSR count). The van der Waals surface area contributed by atoms with E-state index in [1.165, 1.54) is 5.56 Å². The first-order valence-electron chi connectivity index (χ1n) is 7.33. The minimum atomic E-state index is -0.0813. The Hall–Kier alpha value is -0.610. The third-order valence-electron chi connectivity index (χ3n) is 4.67. The first kappa shape index (κ1) is 14.3. The monoisotopic (exact) mass is 295 g/mol. The van der Waals surface area contributed by atoms with Crippen LogP contribution in [0.5, 0.6) is 0 Å². The van der Waals surface area contributed by atoms with Gasteiger partial charge in [0.15, 0.2) is 0 Å². The van der Waals surface area contributed by atoms with Crippen molar-refractivity contribution in [2.75, 3.05) is 19.8 Å². The van der Waals surface area contributed by atoms with Gasteiger partial charge < -0.3 is 15.2 Å². The van der Waals surface area contributed by atoms with E-state index >= 15 is 0 Å². The fourth-order valence-electron chi connectivity index (χ4n) is 3.38. The second kappa shape index (κ2) is 5.64. The summed E-state index contributed by atoms with van der Waals surface area (Å²) in [6.07, 6.45) is 3.01. The summed E-state index contributed by atoms with van der Waals surface area (Å²) < 4.78 is 11.5. The standard InChI is InChI=1S/C16H22ClNO2/c1-11-8-12(2-3-14(11)17)15(18)13-4-6-20-16(9-13)5-7-19-10-16/h2-3,8,13,15H,4-7,9-10,18H2,1H3. The highest BCUT2D eigenvalue weighted by atomic mass is 35.5. The smallest absolute Gasteiger partial charge is 0.0940 e. The molecule has 0 radical (unpaired) electrons. The maximum absolute atomic E-state index is 6.50. The molecule has 0 saturated carbocycles. The lowest BCUT2D eigenvalue weighted by atomic mass is 9.79. The average Bonchev–Trinajstić information content (AvgIpc) is 2.89. The Morgan fingerprint density at radius 3 is 2.95 bits per heavy atom. The summed E-state index contributed by atoms with van der Waals surface area (Å²) in [5.74, 6) is 0.450. The number of hydrogen-bond donors (Lipinski definition) is 1. The van der Waals surface area contributed by atoms with Gasteiger partial charge in [0, 0.05) is 30.7 Å². The van der Waals surface area contributed by atoms with Crippen LogP contribution in [0, 0.1) is 12.8 Å². The predicted octanol–water partition coefficient (Wildman–Crippen LogP) is 3.23. The van der Waals surface area contributed by atoms with Crippen LogP contribution < -0.4 is 5.73 Å². The fraction of sp³-hybridized carbons (Fsp3) is 0.625. The van der Waals surface area contributed by atoms with Crippen LogP contribution in [0.25, 0.3) is 0 Å². The number of halogens is 1. The van der Waals surface area contributed by atoms with Gasteiger partial charge in [-0.05, 0) is 42.9 Å². The van der Waals surface area contributed by atoms with Crippen molar-refractivity contribution in [3.05, 3.63) is 34.3 Å². The van der Waals surface area contributed by atoms with E-state index in [1.54, 1.807) is 0 Å². The number of hydrogen-bond acceptors (Lipinski definition) is 3. The van der Waals surface area contributed by atoms with Crippen LogP contribution in [0.3, 0.4) is 0 Å². The van der Waals surface area contributed by atoms with Crippen molar-refractivity contribution >= 4 is 11.6 Å². The molecule has 2 aliphatic heterocycles. The molecule has 1 spiro atoms. The van der Waals surface area contributed by atoms with Crippen molar-refractivity contribution in [1.29, 1.82) is 0 Å². The van der Waals surface area contributed by atoms with Gasteiger partial charge >= 0.3 is 0 Å². The van der Waals surface area contributed by atoms with Gasteiger partial charge in [-0.1, -0.05) is 23.7 Å². The van der Waals surface area contributed by atoms with Crippen molar-refractivity contribution in [3.8, 4) is 0 Å². The van der Waals surface area contributed by atoms with Crippen molar-refractivity contribution < 1.29 is 9.47 Å². The Balaban J connectivity index is 1.75. The van der Waals surface area contributed by atoms with Gasteiger partial charge in [-0.3, -0.25) is 0 Å². The number of aryl methyl sites for hydroxylation is 1. The van der Waals surface area contributed by atoms with Crippen LogP contribution in [0.4, 0.5) is 0 Å². The summed E-state index contributed by atoms with van der Waals surface area (Å²) >= 11 is 6.09. The molecule has 1 aromatic carbocycles. The van der Waals surface area contributed by atoms with Gasteiger partial charge in [0.25, 0.3) is 0 Å². The molecule has 0 bridgehead atoms. The van der Waals surface area contributed by atoms with Gasteiger partial charge in [-0.25, -0.2) is 0 Å². The van der Waals surface area contributed by atoms with Crippen molar-refractivity contribution in [3.63, 3.8) is 0 Å². The third kappa shape index (κ3) is 2.73. The summed E-state index contributed by atoms with van der Waals surface area (Å²) in [6, 6.07) is 6.15. The second-order valence-electron chi connectivity index (χ2n) is 6.12. The zero-order valence-corrected chi connectivity index (χ0v) is 12.7. The highest BCUT2D eigenvalue weighted by Crippen LogP contribution is 2.40. The molecule has 0 amide bonds. The van der Waals surface area contributed by atoms with E-state index in [2.05, 4.69) is 6.07 Å². The van der Waals surface area contributed by atoms with E-state index in [4.69, 9.17) is 26.8 Å². The molecule has 3 atom stereocenters. The minimum absolute atomic E-state index is 0.0485. The molecule has 3 nitrogen and oxygen atoms in total. The molecule has 2 aliphatic rings. The van der Waals surface area contributed by atoms with Gasteiger partial charge in [-0.15, -0.1) is 0 Å². The zero-order valence-electron chi connectivity index (χ0n) is 11.9. The molecular weight excluding hydrogens is 274 g/mol. The quantitative estimate of drug-likeness (QED) is 0.911. The van der Waals surface area contributed by atoms with E-state index in [-0.39, 0.29) is 11.6 Å². The van der Waals surface area contributed by atoms with Gasteiger partial charge in [0.05, 0.1) is 12.2 Å². The molecule has 1 aromatic rings. The Morgan fingerprint density at radius 1 is 1.40 bits per heavy atom. The normalized spacial score (nSPS) is 31.6. The number of benzene rings is 1. The maximum atomic E-state index is 6.50. The van der Waals surface area contributed by atoms with Gasteiger partial charge in [-0.2, -0.15) is 0 Å². The SMILES string of the molecule is Cc1cc(C(N)C2CCOC3(CCOC3)C2)ccc1Cl. The van der Waals surface area contributed by atoms with Crippen LogP contribution >= 0.6 is 11.6 Å². The molecular formula is C16H22ClNO2. The Bertz CT molecular complexity index is 485. The largest absolute Gasteiger partial charge is 0.378 e. The second-order valence-corrected chi connectivity index (χ2v) is 6.53. The molecule has 2 heterocycles. The number of nitrogens with two attached hydrogens (primary N) is 1. The lowest BCUT2D eigenvalue weighted by Gasteiger charge is -2.39. The van der Waals surface area contributed by atoms with Gasteiger partial charge in [0.2, 0.25) is 0 Å². The highest BCUT2D eigenvalue weighted by molar-refractivity contribution is 6.31. The number of rotatable bonds is 2. The van der Waals surface area contributed by atoms with Crippen molar-refractivity contribution in [1.82, 2.24) is 0 Å². The van der Waals surface area contributed by atoms with E-state index in [9.17, 15) is 0 Å². The molecule has 3 unspecified atom stereocenters. The van der Waals surface area contributed by atoms with Crippen molar-refractivity contribution in [2.45, 2.75) is 37.8 Å². The van der Waals surface area contributed by atoms with E-state index in [1.807, 2.05) is 19.1 Å². The van der Waals surface area contributed by atoms with Crippen LogP contribution in [0.2, 0.25) is 5.02 Å². The van der Waals surface area contributed by atoms with E-state index in [0.29, 0.717) is 5.92 Å². The van der Waals surface area contributed by atoms with Crippen LogP contribution in [0.15, 0.2) is 18.2 Å². The van der Waals surface area contributed by atoms with Crippen LogP contribution in [-0.4, -0.2) is 25.4 Å². The molecule has 110 valence electrons. The summed E-state index contributed by atoms with van der Waals surface area (Å²) in [5.41, 5.74) is 8.68. The Labute approximate surface area is 125 Å². The predicted molar refractivity (Wildman–Crippen MR) is 80.0 cm³/mol. The maximum Gasteiger partial charge on any atom is 0.0940 e. The fourth-order valence-corrected chi connectivity index (χ4v) is 3.50. The molecule has 0 aromatic heterocycles. The van der Waals surface area contributed by atoms with E-state index < -0.39 is 0 Å². The third-order valence-corrected chi connectivity index (χ3v) is 5.10. The summed E-state index contributed by atoms with van der Waals surface area (Å²) in [5, 5.41) is 0.800. The summed E-state index contributed by atoms with van der Waals surface area (Å²) in [7, 11) is 0. The van der Waals surface area contributed by atoms with Crippen molar-refractivity contribution in [2.24, 2.45) is 11.7 Å². The van der Waals surface area contributed by atoms with E-state index in [0.717, 1.165) is 49.7 Å². The Kier molecular flexibility index (Phi) is 4.04. The number of ether oxygens (including phenoxy) is 2. The topological polar surface area (TPSA) is 44.5 Å². The zero-order chi connectivity index (χ0) is 14.2. The molecule has 0 aliphatic carbocycles. The lowest BCUT2D eigenvalue weighted by molar-refractivity contribution is -0.101. The highest BCUT2D eigenvalue weighted by Gasteiger charge is 2.42.